The van der Waals surface area contributed by atoms with Crippen molar-refractivity contribution in [3.8, 4) is 0 Å². The van der Waals surface area contributed by atoms with Crippen LogP contribution in [0.5, 0.6) is 0 Å². The number of amides is 3. The van der Waals surface area contributed by atoms with Crippen molar-refractivity contribution in [2.45, 2.75) is 44.7 Å². The second-order valence-corrected chi connectivity index (χ2v) is 9.31. The third-order valence-electron chi connectivity index (χ3n) is 7.63. The summed E-state index contributed by atoms with van der Waals surface area (Å²) in [6, 6.07) is 1.52. The van der Waals surface area contributed by atoms with Gasteiger partial charge in [0.15, 0.2) is 0 Å². The molecule has 0 aromatic carbocycles. The highest BCUT2D eigenvalue weighted by atomic mass is 16.2. The summed E-state index contributed by atoms with van der Waals surface area (Å²) in [7, 11) is 1.95. The van der Waals surface area contributed by atoms with Gasteiger partial charge in [-0.25, -0.2) is 0 Å². The third-order valence-corrected chi connectivity index (χ3v) is 7.63. The molecule has 160 valence electrons. The number of fused-ring (bicyclic) bond motifs is 4. The highest BCUT2D eigenvalue weighted by Crippen LogP contribution is 2.42. The van der Waals surface area contributed by atoms with E-state index in [1.54, 1.807) is 0 Å². The summed E-state index contributed by atoms with van der Waals surface area (Å²) in [5.41, 5.74) is 1.70. The number of carbonyl (C=O) groups excluding carboxylic acids is 3. The van der Waals surface area contributed by atoms with Crippen LogP contribution in [0.3, 0.4) is 0 Å². The Labute approximate surface area is 177 Å². The van der Waals surface area contributed by atoms with E-state index in [2.05, 4.69) is 0 Å². The zero-order valence-corrected chi connectivity index (χ0v) is 17.8. The third kappa shape index (κ3) is 2.97. The van der Waals surface area contributed by atoms with Crippen molar-refractivity contribution in [1.29, 1.82) is 0 Å². The number of piperidine rings is 3. The Hall–Kier alpha value is -2.57. The van der Waals surface area contributed by atoms with Gasteiger partial charge in [-0.3, -0.25) is 14.4 Å². The smallest absolute Gasteiger partial charge is 0.255 e. The van der Waals surface area contributed by atoms with Gasteiger partial charge in [0.05, 0.1) is 5.56 Å². The monoisotopic (exact) mass is 410 g/mol. The molecule has 3 amide bonds. The van der Waals surface area contributed by atoms with Gasteiger partial charge < -0.3 is 19.3 Å². The Morgan fingerprint density at radius 2 is 1.80 bits per heavy atom. The normalized spacial score (nSPS) is 30.6. The van der Waals surface area contributed by atoms with Crippen LogP contribution in [-0.4, -0.2) is 75.3 Å². The first-order chi connectivity index (χ1) is 14.5. The molecule has 4 aliphatic heterocycles. The van der Waals surface area contributed by atoms with E-state index in [-0.39, 0.29) is 35.6 Å². The van der Waals surface area contributed by atoms with Gasteiger partial charge in [-0.15, -0.1) is 0 Å². The lowest BCUT2D eigenvalue weighted by atomic mass is 9.71. The van der Waals surface area contributed by atoms with Crippen LogP contribution in [0.15, 0.2) is 24.4 Å². The minimum Gasteiger partial charge on any atom is -0.354 e. The van der Waals surface area contributed by atoms with Gasteiger partial charge in [-0.1, -0.05) is 12.2 Å². The van der Waals surface area contributed by atoms with Crippen LogP contribution in [0.25, 0.3) is 0 Å². The fourth-order valence-electron chi connectivity index (χ4n) is 5.99. The second-order valence-electron chi connectivity index (χ2n) is 9.31. The Balaban J connectivity index is 1.46. The molecule has 0 saturated carbocycles. The van der Waals surface area contributed by atoms with E-state index in [4.69, 9.17) is 0 Å². The van der Waals surface area contributed by atoms with Crippen molar-refractivity contribution >= 4 is 17.7 Å². The van der Waals surface area contributed by atoms with Gasteiger partial charge in [-0.05, 0) is 38.2 Å². The molecule has 3 fully saturated rings. The molecule has 0 aliphatic carbocycles. The molecule has 3 saturated heterocycles. The number of hydrogen-bond acceptors (Lipinski definition) is 3. The highest BCUT2D eigenvalue weighted by Gasteiger charge is 2.53. The maximum Gasteiger partial charge on any atom is 0.255 e. The molecule has 0 spiro atoms. The van der Waals surface area contributed by atoms with Crippen molar-refractivity contribution in [1.82, 2.24) is 19.3 Å². The first-order valence-corrected chi connectivity index (χ1v) is 11.1. The van der Waals surface area contributed by atoms with Crippen LogP contribution in [0.2, 0.25) is 0 Å². The van der Waals surface area contributed by atoms with E-state index < -0.39 is 6.04 Å². The molecule has 1 aromatic rings. The minimum atomic E-state index is -0.438. The molecule has 5 heterocycles. The second kappa shape index (κ2) is 7.29. The summed E-state index contributed by atoms with van der Waals surface area (Å²) in [5, 5.41) is 0. The number of rotatable bonds is 2. The van der Waals surface area contributed by atoms with E-state index in [1.807, 2.05) is 57.7 Å². The Morgan fingerprint density at radius 3 is 2.50 bits per heavy atom. The van der Waals surface area contributed by atoms with E-state index in [1.165, 1.54) is 0 Å². The summed E-state index contributed by atoms with van der Waals surface area (Å²) in [4.78, 5) is 45.5. The van der Waals surface area contributed by atoms with Crippen molar-refractivity contribution in [2.75, 3.05) is 26.2 Å². The predicted molar refractivity (Wildman–Crippen MR) is 112 cm³/mol. The molecule has 0 radical (unpaired) electrons. The van der Waals surface area contributed by atoms with E-state index in [0.717, 1.165) is 30.5 Å². The van der Waals surface area contributed by atoms with Crippen LogP contribution in [0.1, 0.15) is 41.7 Å². The maximum absolute atomic E-state index is 13.5. The zero-order chi connectivity index (χ0) is 21.0. The Kier molecular flexibility index (Phi) is 4.71. The summed E-state index contributed by atoms with van der Waals surface area (Å²) < 4.78 is 1.96. The largest absolute Gasteiger partial charge is 0.354 e. The summed E-state index contributed by atoms with van der Waals surface area (Å²) in [5.74, 6) is 0.469. The molecule has 4 aliphatic rings. The van der Waals surface area contributed by atoms with Gasteiger partial charge in [0.2, 0.25) is 11.8 Å². The van der Waals surface area contributed by atoms with Crippen LogP contribution < -0.4 is 0 Å². The molecule has 7 heteroatoms. The average molecular weight is 411 g/mol. The topological polar surface area (TPSA) is 65.9 Å². The fraction of sp³-hybridized carbons (Fsp3) is 0.609. The summed E-state index contributed by atoms with van der Waals surface area (Å²) in [6.07, 6.45) is 9.19. The number of likely N-dealkylation sites (tertiary alicyclic amines) is 1. The standard InChI is InChI=1S/C23H30N4O3/c1-15-18(8-11-24(15)2)22(29)26-13-16-12-17(14-26)21(23(30)25-9-3-4-10-25)27-19(16)6-5-7-20(27)28/h3-4,8,11,16-17,19,21H,5-7,9-10,12-14H2,1-2H3/t16-,17+,19+,21-/m1/s1. The van der Waals surface area contributed by atoms with Crippen molar-refractivity contribution in [3.63, 3.8) is 0 Å². The minimum absolute atomic E-state index is 0.00289. The predicted octanol–water partition coefficient (Wildman–Crippen LogP) is 1.57. The maximum atomic E-state index is 13.5. The summed E-state index contributed by atoms with van der Waals surface area (Å²) >= 11 is 0. The van der Waals surface area contributed by atoms with Crippen LogP contribution in [0, 0.1) is 18.8 Å². The Bertz CT molecular complexity index is 912. The molecule has 30 heavy (non-hydrogen) atoms. The highest BCUT2D eigenvalue weighted by molar-refractivity contribution is 5.96. The Morgan fingerprint density at radius 1 is 1.07 bits per heavy atom. The van der Waals surface area contributed by atoms with Gasteiger partial charge in [0, 0.05) is 63.5 Å². The lowest BCUT2D eigenvalue weighted by Gasteiger charge is -2.56. The number of aryl methyl sites for hydroxylation is 1. The quantitative estimate of drug-likeness (QED) is 0.696. The van der Waals surface area contributed by atoms with Crippen molar-refractivity contribution in [2.24, 2.45) is 18.9 Å². The van der Waals surface area contributed by atoms with E-state index in [0.29, 0.717) is 32.6 Å². The molecular formula is C23H30N4O3. The molecule has 0 N–H and O–H groups in total. The van der Waals surface area contributed by atoms with Crippen molar-refractivity contribution < 1.29 is 14.4 Å². The number of carbonyl (C=O) groups is 3. The molecule has 2 bridgehead atoms. The number of nitrogens with zero attached hydrogens (tertiary/aromatic N) is 4. The fourth-order valence-corrected chi connectivity index (χ4v) is 5.99. The lowest BCUT2D eigenvalue weighted by molar-refractivity contribution is -0.163. The van der Waals surface area contributed by atoms with Gasteiger partial charge >= 0.3 is 0 Å². The first-order valence-electron chi connectivity index (χ1n) is 11.1. The van der Waals surface area contributed by atoms with Gasteiger partial charge in [0.1, 0.15) is 6.04 Å². The van der Waals surface area contributed by atoms with Crippen molar-refractivity contribution in [3.05, 3.63) is 35.7 Å². The van der Waals surface area contributed by atoms with E-state index in [9.17, 15) is 14.4 Å². The molecule has 4 atom stereocenters. The first kappa shape index (κ1) is 19.4. The zero-order valence-electron chi connectivity index (χ0n) is 17.8. The SMILES string of the molecule is Cc1c(C(=O)N2C[C@H]3C[C@@H](C2)[C@H](C(=O)N2CC=CC2)N2C(=O)CCC[C@@H]32)ccn1C. The van der Waals surface area contributed by atoms with Crippen LogP contribution >= 0.6 is 0 Å². The molecule has 5 rings (SSSR count). The molecule has 1 aromatic heterocycles. The average Bonchev–Trinajstić information content (AvgIpc) is 3.39. The van der Waals surface area contributed by atoms with Crippen LogP contribution in [0.4, 0.5) is 0 Å². The molecule has 0 unspecified atom stereocenters. The summed E-state index contributed by atoms with van der Waals surface area (Å²) in [6.45, 7) is 4.41. The van der Waals surface area contributed by atoms with Gasteiger partial charge in [0.25, 0.3) is 5.91 Å². The molecule has 7 nitrogen and oxygen atoms in total. The number of hydrogen-bond donors (Lipinski definition) is 0. The lowest BCUT2D eigenvalue weighted by Crippen LogP contribution is -2.68. The van der Waals surface area contributed by atoms with Crippen LogP contribution in [-0.2, 0) is 16.6 Å². The van der Waals surface area contributed by atoms with Gasteiger partial charge in [-0.2, -0.15) is 0 Å². The van der Waals surface area contributed by atoms with E-state index >= 15 is 0 Å². The number of aromatic nitrogens is 1. The molecular weight excluding hydrogens is 380 g/mol.